The number of rotatable bonds is 4. The Kier molecular flexibility index (Phi) is 4.79. The van der Waals surface area contributed by atoms with Crippen molar-refractivity contribution >= 4 is 28.3 Å². The van der Waals surface area contributed by atoms with Gasteiger partial charge in [0.2, 0.25) is 0 Å². The van der Waals surface area contributed by atoms with Crippen molar-refractivity contribution in [2.45, 2.75) is 13.5 Å². The summed E-state index contributed by atoms with van der Waals surface area (Å²) in [4.78, 5) is 0. The van der Waals surface area contributed by atoms with Crippen LogP contribution in [0.25, 0.3) is 0 Å². The van der Waals surface area contributed by atoms with E-state index in [9.17, 15) is 0 Å². The molecule has 0 amide bonds. The van der Waals surface area contributed by atoms with Crippen molar-refractivity contribution in [3.8, 4) is 5.75 Å². The molecule has 2 aromatic carbocycles. The summed E-state index contributed by atoms with van der Waals surface area (Å²) in [6, 6.07) is 15.7. The van der Waals surface area contributed by atoms with Gasteiger partial charge < -0.3 is 9.94 Å². The minimum atomic E-state index is 0.524. The molecule has 0 unspecified atom stereocenters. The van der Waals surface area contributed by atoms with Gasteiger partial charge in [-0.2, -0.15) is 0 Å². The summed E-state index contributed by atoms with van der Waals surface area (Å²) in [5, 5.41) is 11.9. The number of nitrogens with zero attached hydrogens (tertiary/aromatic N) is 1. The fourth-order valence-corrected chi connectivity index (χ4v) is 1.98. The van der Waals surface area contributed by atoms with Crippen LogP contribution in [0.5, 0.6) is 5.75 Å². The van der Waals surface area contributed by atoms with E-state index in [2.05, 4.69) is 39.9 Å². The quantitative estimate of drug-likeness (QED) is 0.383. The summed E-state index contributed by atoms with van der Waals surface area (Å²) in [7, 11) is 0. The summed E-state index contributed by atoms with van der Waals surface area (Å²) in [6.07, 6.45) is 0. The van der Waals surface area contributed by atoms with Crippen LogP contribution in [0.4, 0.5) is 0 Å². The number of benzene rings is 2. The van der Waals surface area contributed by atoms with Gasteiger partial charge in [0.25, 0.3) is 0 Å². The molecule has 0 heterocycles. The summed E-state index contributed by atoms with van der Waals surface area (Å²) in [5.41, 5.74) is 2.54. The molecular formula is C15H14INO2. The van der Waals surface area contributed by atoms with Crippen molar-refractivity contribution in [3.63, 3.8) is 0 Å². The molecule has 19 heavy (non-hydrogen) atoms. The molecule has 1 N–H and O–H groups in total. The minimum absolute atomic E-state index is 0.524. The summed E-state index contributed by atoms with van der Waals surface area (Å²) in [6.45, 7) is 2.27. The third kappa shape index (κ3) is 3.96. The van der Waals surface area contributed by atoms with E-state index >= 15 is 0 Å². The van der Waals surface area contributed by atoms with Crippen molar-refractivity contribution in [2.75, 3.05) is 0 Å². The van der Waals surface area contributed by atoms with Crippen LogP contribution in [0.3, 0.4) is 0 Å². The molecular weight excluding hydrogens is 353 g/mol. The monoisotopic (exact) mass is 367 g/mol. The number of hydrogen-bond acceptors (Lipinski definition) is 3. The maximum atomic E-state index is 8.76. The predicted octanol–water partition coefficient (Wildman–Crippen LogP) is 4.07. The normalized spacial score (nSPS) is 11.4. The SMILES string of the molecule is CC(=NO)c1cccc(OCc2ccc(I)cc2)c1. The third-order valence-electron chi connectivity index (χ3n) is 2.72. The van der Waals surface area contributed by atoms with Gasteiger partial charge in [0.1, 0.15) is 12.4 Å². The molecule has 0 saturated heterocycles. The van der Waals surface area contributed by atoms with Crippen molar-refractivity contribution in [3.05, 3.63) is 63.2 Å². The van der Waals surface area contributed by atoms with Gasteiger partial charge in [0.15, 0.2) is 0 Å². The van der Waals surface area contributed by atoms with Gasteiger partial charge in [0, 0.05) is 9.13 Å². The van der Waals surface area contributed by atoms with Gasteiger partial charge in [-0.05, 0) is 59.3 Å². The average Bonchev–Trinajstić information content (AvgIpc) is 2.46. The molecule has 0 aromatic heterocycles. The van der Waals surface area contributed by atoms with E-state index < -0.39 is 0 Å². The van der Waals surface area contributed by atoms with Gasteiger partial charge in [-0.25, -0.2) is 0 Å². The summed E-state index contributed by atoms with van der Waals surface area (Å²) < 4.78 is 6.93. The minimum Gasteiger partial charge on any atom is -0.489 e. The fourth-order valence-electron chi connectivity index (χ4n) is 1.62. The van der Waals surface area contributed by atoms with Crippen molar-refractivity contribution in [2.24, 2.45) is 5.16 Å². The van der Waals surface area contributed by atoms with Crippen LogP contribution in [-0.4, -0.2) is 10.9 Å². The van der Waals surface area contributed by atoms with E-state index in [1.807, 2.05) is 36.4 Å². The first-order chi connectivity index (χ1) is 9.19. The fraction of sp³-hybridized carbons (Fsp3) is 0.133. The standard InChI is InChI=1S/C15H14INO2/c1-11(17-18)13-3-2-4-15(9-13)19-10-12-5-7-14(16)8-6-12/h2-9,18H,10H2,1H3. The first-order valence-electron chi connectivity index (χ1n) is 5.85. The second kappa shape index (κ2) is 6.56. The summed E-state index contributed by atoms with van der Waals surface area (Å²) in [5.74, 6) is 0.763. The average molecular weight is 367 g/mol. The van der Waals surface area contributed by atoms with E-state index in [0.29, 0.717) is 12.3 Å². The molecule has 0 aliphatic carbocycles. The van der Waals surface area contributed by atoms with E-state index in [-0.39, 0.29) is 0 Å². The number of halogens is 1. The highest BCUT2D eigenvalue weighted by Gasteiger charge is 2.01. The highest BCUT2D eigenvalue weighted by atomic mass is 127. The number of ether oxygens (including phenoxy) is 1. The number of oxime groups is 1. The molecule has 0 radical (unpaired) electrons. The highest BCUT2D eigenvalue weighted by molar-refractivity contribution is 14.1. The maximum Gasteiger partial charge on any atom is 0.120 e. The molecule has 0 fully saturated rings. The molecule has 3 nitrogen and oxygen atoms in total. The van der Waals surface area contributed by atoms with E-state index in [0.717, 1.165) is 16.9 Å². The first-order valence-corrected chi connectivity index (χ1v) is 6.93. The lowest BCUT2D eigenvalue weighted by molar-refractivity contribution is 0.306. The second-order valence-corrected chi connectivity index (χ2v) is 5.37. The molecule has 0 aliphatic heterocycles. The van der Waals surface area contributed by atoms with Gasteiger partial charge in [-0.1, -0.05) is 29.4 Å². The van der Waals surface area contributed by atoms with Gasteiger partial charge in [-0.3, -0.25) is 0 Å². The first kappa shape index (κ1) is 13.9. The summed E-state index contributed by atoms with van der Waals surface area (Å²) >= 11 is 2.27. The molecule has 0 saturated carbocycles. The molecule has 0 aliphatic rings. The zero-order chi connectivity index (χ0) is 13.7. The van der Waals surface area contributed by atoms with Crippen LogP contribution < -0.4 is 4.74 Å². The van der Waals surface area contributed by atoms with Crippen molar-refractivity contribution in [1.82, 2.24) is 0 Å². The van der Waals surface area contributed by atoms with Gasteiger partial charge in [-0.15, -0.1) is 0 Å². The van der Waals surface area contributed by atoms with Crippen LogP contribution >= 0.6 is 22.6 Å². The van der Waals surface area contributed by atoms with Gasteiger partial charge in [0.05, 0.1) is 5.71 Å². The molecule has 0 spiro atoms. The Labute approximate surface area is 126 Å². The largest absolute Gasteiger partial charge is 0.489 e. The molecule has 4 heteroatoms. The van der Waals surface area contributed by atoms with E-state index in [1.54, 1.807) is 6.92 Å². The molecule has 2 rings (SSSR count). The Morgan fingerprint density at radius 2 is 1.95 bits per heavy atom. The molecule has 2 aromatic rings. The van der Waals surface area contributed by atoms with Crippen LogP contribution in [-0.2, 0) is 6.61 Å². The molecule has 0 bridgehead atoms. The Bertz CT molecular complexity index is 579. The lowest BCUT2D eigenvalue weighted by Gasteiger charge is -2.08. The van der Waals surface area contributed by atoms with Crippen LogP contribution in [0.1, 0.15) is 18.1 Å². The number of hydrogen-bond donors (Lipinski definition) is 1. The Morgan fingerprint density at radius 3 is 2.63 bits per heavy atom. The van der Waals surface area contributed by atoms with Crippen LogP contribution in [0, 0.1) is 3.57 Å². The lowest BCUT2D eigenvalue weighted by atomic mass is 10.1. The van der Waals surface area contributed by atoms with Crippen molar-refractivity contribution < 1.29 is 9.94 Å². The highest BCUT2D eigenvalue weighted by Crippen LogP contribution is 2.16. The van der Waals surface area contributed by atoms with Crippen molar-refractivity contribution in [1.29, 1.82) is 0 Å². The van der Waals surface area contributed by atoms with Crippen LogP contribution in [0.15, 0.2) is 53.7 Å². The topological polar surface area (TPSA) is 41.8 Å². The zero-order valence-electron chi connectivity index (χ0n) is 10.5. The van der Waals surface area contributed by atoms with Crippen LogP contribution in [0.2, 0.25) is 0 Å². The zero-order valence-corrected chi connectivity index (χ0v) is 12.7. The Hall–Kier alpha value is -1.56. The Morgan fingerprint density at radius 1 is 1.21 bits per heavy atom. The van der Waals surface area contributed by atoms with E-state index in [4.69, 9.17) is 9.94 Å². The molecule has 98 valence electrons. The van der Waals surface area contributed by atoms with E-state index in [1.165, 1.54) is 3.57 Å². The third-order valence-corrected chi connectivity index (χ3v) is 3.44. The second-order valence-electron chi connectivity index (χ2n) is 4.13. The smallest absolute Gasteiger partial charge is 0.120 e. The van der Waals surface area contributed by atoms with Gasteiger partial charge >= 0.3 is 0 Å². The maximum absolute atomic E-state index is 8.76. The molecule has 0 atom stereocenters. The Balaban J connectivity index is 2.05. The lowest BCUT2D eigenvalue weighted by Crippen LogP contribution is -1.98. The predicted molar refractivity (Wildman–Crippen MR) is 83.9 cm³/mol.